The fraction of sp³-hybridized carbons (Fsp3) is 0.259. The van der Waals surface area contributed by atoms with Gasteiger partial charge in [0.15, 0.2) is 11.5 Å². The third-order valence-electron chi connectivity index (χ3n) is 6.83. The van der Waals surface area contributed by atoms with E-state index >= 15 is 0 Å². The third-order valence-corrected chi connectivity index (χ3v) is 6.83. The monoisotopic (exact) mass is 471 g/mol. The number of rotatable bonds is 4. The van der Waals surface area contributed by atoms with Gasteiger partial charge in [0.2, 0.25) is 0 Å². The van der Waals surface area contributed by atoms with Crippen LogP contribution in [-0.4, -0.2) is 52.9 Å². The molecule has 2 bridgehead atoms. The second kappa shape index (κ2) is 8.54. The van der Waals surface area contributed by atoms with Crippen molar-refractivity contribution in [3.63, 3.8) is 0 Å². The number of carbonyl (C=O) groups is 3. The van der Waals surface area contributed by atoms with Gasteiger partial charge in [-0.3, -0.25) is 19.3 Å². The average molecular weight is 472 g/mol. The number of aliphatic hydroxyl groups excluding tert-OH is 1. The Bertz CT molecular complexity index is 1360. The Morgan fingerprint density at radius 3 is 2.46 bits per heavy atom. The summed E-state index contributed by atoms with van der Waals surface area (Å²) < 4.78 is 4.91. The van der Waals surface area contributed by atoms with Crippen LogP contribution in [0.25, 0.3) is 11.3 Å². The molecule has 2 atom stereocenters. The highest BCUT2D eigenvalue weighted by Crippen LogP contribution is 2.40. The van der Waals surface area contributed by atoms with E-state index in [4.69, 9.17) is 4.52 Å². The number of hydrogen-bond donors (Lipinski definition) is 1. The zero-order valence-corrected chi connectivity index (χ0v) is 19.7. The number of fused-ring (bicyclic) bond motifs is 3. The molecule has 0 fully saturated rings. The van der Waals surface area contributed by atoms with Crippen molar-refractivity contribution in [2.24, 2.45) is 5.92 Å². The third kappa shape index (κ3) is 3.62. The molecule has 2 heterocycles. The summed E-state index contributed by atoms with van der Waals surface area (Å²) in [6, 6.07) is 13.2. The average Bonchev–Trinajstić information content (AvgIpc) is 3.48. The van der Waals surface area contributed by atoms with Crippen LogP contribution in [0.5, 0.6) is 0 Å². The largest absolute Gasteiger partial charge is 0.503 e. The van der Waals surface area contributed by atoms with E-state index in [2.05, 4.69) is 5.16 Å². The topological polar surface area (TPSA) is 104 Å². The standard InChI is InChI=1S/C27H25N3O5/c1-4-15-13-18-14-17(7-10-20(18)26(33)29(2)3)24(31)22-23(15)30(27(34)25(22)32)19-8-5-16(6-9-19)21-11-12-35-28-21/h5-12,14-15,23,32H,4,13H2,1-3H3. The quantitative estimate of drug-likeness (QED) is 0.616. The number of benzene rings is 2. The molecule has 2 aliphatic rings. The van der Waals surface area contributed by atoms with Gasteiger partial charge < -0.3 is 14.5 Å². The van der Waals surface area contributed by atoms with Gasteiger partial charge in [-0.1, -0.05) is 36.7 Å². The maximum atomic E-state index is 13.6. The molecule has 0 saturated heterocycles. The van der Waals surface area contributed by atoms with Crippen LogP contribution in [0, 0.1) is 5.92 Å². The van der Waals surface area contributed by atoms with E-state index in [1.54, 1.807) is 50.5 Å². The van der Waals surface area contributed by atoms with Crippen LogP contribution in [0.15, 0.2) is 70.6 Å². The maximum absolute atomic E-state index is 13.6. The van der Waals surface area contributed by atoms with Crippen LogP contribution in [0.2, 0.25) is 0 Å². The minimum absolute atomic E-state index is 0.111. The number of anilines is 1. The molecule has 1 N–H and O–H groups in total. The summed E-state index contributed by atoms with van der Waals surface area (Å²) >= 11 is 0. The van der Waals surface area contributed by atoms with E-state index in [1.165, 1.54) is 16.1 Å². The van der Waals surface area contributed by atoms with Gasteiger partial charge in [0.05, 0.1) is 11.6 Å². The maximum Gasteiger partial charge on any atom is 0.294 e. The van der Waals surface area contributed by atoms with Gasteiger partial charge in [0, 0.05) is 42.5 Å². The fourth-order valence-electron chi connectivity index (χ4n) is 5.02. The van der Waals surface area contributed by atoms with Gasteiger partial charge in [0.1, 0.15) is 12.0 Å². The molecule has 178 valence electrons. The van der Waals surface area contributed by atoms with Crippen LogP contribution in [-0.2, 0) is 11.2 Å². The number of nitrogens with zero attached hydrogens (tertiary/aromatic N) is 3. The number of carbonyl (C=O) groups excluding carboxylic acids is 3. The summed E-state index contributed by atoms with van der Waals surface area (Å²) in [4.78, 5) is 42.7. The van der Waals surface area contributed by atoms with Gasteiger partial charge in [-0.05, 0) is 42.2 Å². The van der Waals surface area contributed by atoms with Crippen LogP contribution in [0.1, 0.15) is 39.6 Å². The van der Waals surface area contributed by atoms with Gasteiger partial charge in [-0.25, -0.2) is 0 Å². The molecule has 8 nitrogen and oxygen atoms in total. The van der Waals surface area contributed by atoms with E-state index in [0.29, 0.717) is 35.3 Å². The highest BCUT2D eigenvalue weighted by atomic mass is 16.5. The smallest absolute Gasteiger partial charge is 0.294 e. The Morgan fingerprint density at radius 1 is 1.11 bits per heavy atom. The molecular weight excluding hydrogens is 446 g/mol. The molecular formula is C27H25N3O5. The molecule has 0 spiro atoms. The van der Waals surface area contributed by atoms with Gasteiger partial charge in [-0.2, -0.15) is 0 Å². The summed E-state index contributed by atoms with van der Waals surface area (Å²) in [5.41, 5.74) is 3.81. The molecule has 3 aromatic rings. The van der Waals surface area contributed by atoms with Crippen molar-refractivity contribution in [2.45, 2.75) is 25.8 Å². The van der Waals surface area contributed by atoms with Gasteiger partial charge >= 0.3 is 0 Å². The SMILES string of the molecule is CCC1Cc2cc(ccc2C(=O)N(C)C)C(=O)C2=C(O)C(=O)N(c3ccc(-c4ccon4)cc3)C21. The number of aliphatic hydroxyl groups is 1. The summed E-state index contributed by atoms with van der Waals surface area (Å²) in [7, 11) is 3.38. The van der Waals surface area contributed by atoms with Crippen LogP contribution in [0.3, 0.4) is 0 Å². The van der Waals surface area contributed by atoms with E-state index in [9.17, 15) is 19.5 Å². The van der Waals surface area contributed by atoms with Crippen LogP contribution < -0.4 is 4.90 Å². The van der Waals surface area contributed by atoms with Crippen molar-refractivity contribution in [2.75, 3.05) is 19.0 Å². The zero-order valence-electron chi connectivity index (χ0n) is 19.7. The number of hydrogen-bond acceptors (Lipinski definition) is 6. The number of Topliss-reactive ketones (excluding diaryl/α,β-unsaturated/α-hetero) is 1. The van der Waals surface area contributed by atoms with Crippen molar-refractivity contribution in [1.29, 1.82) is 0 Å². The van der Waals surface area contributed by atoms with Gasteiger partial charge in [0.25, 0.3) is 11.8 Å². The highest BCUT2D eigenvalue weighted by molar-refractivity contribution is 6.21. The summed E-state index contributed by atoms with van der Waals surface area (Å²) in [5.74, 6) is -1.86. The van der Waals surface area contributed by atoms with Gasteiger partial charge in [-0.15, -0.1) is 0 Å². The lowest BCUT2D eigenvalue weighted by molar-refractivity contribution is -0.117. The van der Waals surface area contributed by atoms with E-state index < -0.39 is 23.5 Å². The molecule has 0 saturated carbocycles. The van der Waals surface area contributed by atoms with Crippen LogP contribution in [0.4, 0.5) is 5.69 Å². The lowest BCUT2D eigenvalue weighted by Gasteiger charge is -2.34. The Morgan fingerprint density at radius 2 is 1.83 bits per heavy atom. The zero-order chi connectivity index (χ0) is 24.9. The summed E-state index contributed by atoms with van der Waals surface area (Å²) in [6.07, 6.45) is 2.60. The summed E-state index contributed by atoms with van der Waals surface area (Å²) in [5, 5.41) is 14.8. The number of amides is 2. The van der Waals surface area contributed by atoms with Crippen LogP contribution >= 0.6 is 0 Å². The Balaban J connectivity index is 1.60. The molecule has 35 heavy (non-hydrogen) atoms. The first kappa shape index (κ1) is 22.6. The first-order valence-electron chi connectivity index (χ1n) is 11.5. The number of aromatic nitrogens is 1. The predicted molar refractivity (Wildman–Crippen MR) is 129 cm³/mol. The van der Waals surface area contributed by atoms with Crippen molar-refractivity contribution in [3.8, 4) is 11.3 Å². The fourth-order valence-corrected chi connectivity index (χ4v) is 5.02. The molecule has 0 radical (unpaired) electrons. The molecule has 2 aromatic carbocycles. The van der Waals surface area contributed by atoms with Crippen molar-refractivity contribution in [3.05, 3.63) is 82.8 Å². The molecule has 2 amide bonds. The van der Waals surface area contributed by atoms with Crippen molar-refractivity contribution < 1.29 is 24.0 Å². The Kier molecular flexibility index (Phi) is 5.51. The van der Waals surface area contributed by atoms with E-state index in [-0.39, 0.29) is 17.4 Å². The molecule has 1 aromatic heterocycles. The first-order chi connectivity index (χ1) is 16.8. The van der Waals surface area contributed by atoms with E-state index in [1.807, 2.05) is 19.1 Å². The first-order valence-corrected chi connectivity index (χ1v) is 11.5. The van der Waals surface area contributed by atoms with Crippen molar-refractivity contribution >= 4 is 23.3 Å². The Hall–Kier alpha value is -4.20. The molecule has 1 aliphatic carbocycles. The highest BCUT2D eigenvalue weighted by Gasteiger charge is 2.47. The Labute approximate surface area is 202 Å². The number of ketones is 1. The minimum atomic E-state index is -0.654. The predicted octanol–water partition coefficient (Wildman–Crippen LogP) is 4.04. The molecule has 8 heteroatoms. The van der Waals surface area contributed by atoms with Crippen molar-refractivity contribution in [1.82, 2.24) is 10.1 Å². The normalized spacial score (nSPS) is 19.5. The second-order valence-corrected chi connectivity index (χ2v) is 9.09. The van der Waals surface area contributed by atoms with E-state index in [0.717, 1.165) is 11.1 Å². The molecule has 1 aliphatic heterocycles. The lowest BCUT2D eigenvalue weighted by atomic mass is 9.79. The second-order valence-electron chi connectivity index (χ2n) is 9.09. The minimum Gasteiger partial charge on any atom is -0.503 e. The lowest BCUT2D eigenvalue weighted by Crippen LogP contribution is -2.43. The summed E-state index contributed by atoms with van der Waals surface area (Å²) in [6.45, 7) is 1.98. The molecule has 5 rings (SSSR count). The molecule has 2 unspecified atom stereocenters.